The molecule has 2 aromatic rings. The van der Waals surface area contributed by atoms with Crippen molar-refractivity contribution < 1.29 is 4.74 Å². The quantitative estimate of drug-likeness (QED) is 0.812. The summed E-state index contributed by atoms with van der Waals surface area (Å²) in [5.41, 5.74) is 0.962. The van der Waals surface area contributed by atoms with Gasteiger partial charge in [0.05, 0.1) is 6.20 Å². The molecule has 2 heterocycles. The standard InChI is InChI=1S/C12H16N4OS/c1-3-6-13-8-11-15-16-12(18-11)17-10-5-4-9(2)14-7-10/h4-5,7,13H,3,6,8H2,1-2H3. The molecule has 18 heavy (non-hydrogen) atoms. The van der Waals surface area contributed by atoms with Crippen LogP contribution in [0.5, 0.6) is 10.9 Å². The van der Waals surface area contributed by atoms with E-state index in [9.17, 15) is 0 Å². The van der Waals surface area contributed by atoms with E-state index in [-0.39, 0.29) is 0 Å². The Kier molecular flexibility index (Phi) is 4.60. The number of hydrogen-bond acceptors (Lipinski definition) is 6. The molecule has 2 aromatic heterocycles. The van der Waals surface area contributed by atoms with Crippen LogP contribution in [0, 0.1) is 6.92 Å². The fourth-order valence-corrected chi connectivity index (χ4v) is 2.02. The zero-order chi connectivity index (χ0) is 12.8. The van der Waals surface area contributed by atoms with Crippen LogP contribution < -0.4 is 10.1 Å². The van der Waals surface area contributed by atoms with Gasteiger partial charge < -0.3 is 10.1 Å². The average Bonchev–Trinajstić information content (AvgIpc) is 2.80. The fourth-order valence-electron chi connectivity index (χ4n) is 1.34. The van der Waals surface area contributed by atoms with Crippen molar-refractivity contribution >= 4 is 11.3 Å². The second-order valence-corrected chi connectivity index (χ2v) is 4.90. The molecule has 0 aliphatic heterocycles. The highest BCUT2D eigenvalue weighted by Gasteiger charge is 2.06. The van der Waals surface area contributed by atoms with E-state index in [4.69, 9.17) is 4.74 Å². The Labute approximate surface area is 110 Å². The Balaban J connectivity index is 1.91. The van der Waals surface area contributed by atoms with E-state index in [0.717, 1.165) is 30.2 Å². The van der Waals surface area contributed by atoms with E-state index in [0.29, 0.717) is 10.9 Å². The zero-order valence-electron chi connectivity index (χ0n) is 10.5. The van der Waals surface area contributed by atoms with Crippen molar-refractivity contribution in [2.75, 3.05) is 6.54 Å². The fraction of sp³-hybridized carbons (Fsp3) is 0.417. The largest absolute Gasteiger partial charge is 0.428 e. The van der Waals surface area contributed by atoms with E-state index in [2.05, 4.69) is 27.4 Å². The molecular weight excluding hydrogens is 248 g/mol. The van der Waals surface area contributed by atoms with Crippen LogP contribution >= 0.6 is 11.3 Å². The summed E-state index contributed by atoms with van der Waals surface area (Å²) < 4.78 is 5.57. The van der Waals surface area contributed by atoms with Gasteiger partial charge in [0, 0.05) is 12.2 Å². The van der Waals surface area contributed by atoms with Gasteiger partial charge in [0.1, 0.15) is 10.8 Å². The Morgan fingerprint density at radius 3 is 2.94 bits per heavy atom. The van der Waals surface area contributed by atoms with Gasteiger partial charge in [-0.15, -0.1) is 5.10 Å². The highest BCUT2D eigenvalue weighted by molar-refractivity contribution is 7.13. The van der Waals surface area contributed by atoms with E-state index in [1.807, 2.05) is 19.1 Å². The highest BCUT2D eigenvalue weighted by atomic mass is 32.1. The van der Waals surface area contributed by atoms with Gasteiger partial charge in [-0.1, -0.05) is 23.4 Å². The summed E-state index contributed by atoms with van der Waals surface area (Å²) in [5, 5.41) is 12.8. The number of aromatic nitrogens is 3. The average molecular weight is 264 g/mol. The van der Waals surface area contributed by atoms with Crippen LogP contribution in [-0.2, 0) is 6.54 Å². The summed E-state index contributed by atoms with van der Waals surface area (Å²) in [5.74, 6) is 0.685. The maximum Gasteiger partial charge on any atom is 0.299 e. The molecule has 0 fully saturated rings. The monoisotopic (exact) mass is 264 g/mol. The number of rotatable bonds is 6. The molecule has 0 unspecified atom stereocenters. The van der Waals surface area contributed by atoms with Crippen LogP contribution in [0.4, 0.5) is 0 Å². The van der Waals surface area contributed by atoms with Crippen LogP contribution in [0.25, 0.3) is 0 Å². The van der Waals surface area contributed by atoms with Gasteiger partial charge in [-0.05, 0) is 32.0 Å². The molecule has 6 heteroatoms. The maximum atomic E-state index is 5.57. The van der Waals surface area contributed by atoms with Crippen molar-refractivity contribution in [1.82, 2.24) is 20.5 Å². The molecule has 0 spiro atoms. The molecule has 0 saturated carbocycles. The third-order valence-corrected chi connectivity index (χ3v) is 3.04. The Hall–Kier alpha value is -1.53. The van der Waals surface area contributed by atoms with E-state index in [1.54, 1.807) is 6.20 Å². The molecule has 0 aromatic carbocycles. The van der Waals surface area contributed by atoms with Gasteiger partial charge in [-0.25, -0.2) is 0 Å². The minimum absolute atomic E-state index is 0.550. The first-order chi connectivity index (χ1) is 8.78. The highest BCUT2D eigenvalue weighted by Crippen LogP contribution is 2.24. The zero-order valence-corrected chi connectivity index (χ0v) is 11.3. The second kappa shape index (κ2) is 6.42. The summed E-state index contributed by atoms with van der Waals surface area (Å²) >= 11 is 1.45. The molecule has 0 saturated heterocycles. The van der Waals surface area contributed by atoms with Crippen LogP contribution in [0.2, 0.25) is 0 Å². The first-order valence-electron chi connectivity index (χ1n) is 5.91. The van der Waals surface area contributed by atoms with Gasteiger partial charge >= 0.3 is 0 Å². The smallest absolute Gasteiger partial charge is 0.299 e. The molecule has 96 valence electrons. The molecule has 1 N–H and O–H groups in total. The first-order valence-corrected chi connectivity index (χ1v) is 6.73. The predicted octanol–water partition coefficient (Wildman–Crippen LogP) is 2.53. The van der Waals surface area contributed by atoms with Crippen molar-refractivity contribution in [3.8, 4) is 10.9 Å². The van der Waals surface area contributed by atoms with Crippen molar-refractivity contribution in [3.05, 3.63) is 29.0 Å². The van der Waals surface area contributed by atoms with Gasteiger partial charge in [-0.3, -0.25) is 4.98 Å². The Morgan fingerprint density at radius 1 is 1.33 bits per heavy atom. The lowest BCUT2D eigenvalue weighted by Crippen LogP contribution is -2.13. The molecule has 0 bridgehead atoms. The van der Waals surface area contributed by atoms with Gasteiger partial charge in [-0.2, -0.15) is 0 Å². The molecule has 0 aliphatic rings. The predicted molar refractivity (Wildman–Crippen MR) is 71.0 cm³/mol. The molecule has 0 radical (unpaired) electrons. The Bertz CT molecular complexity index is 483. The topological polar surface area (TPSA) is 59.9 Å². The maximum absolute atomic E-state index is 5.57. The molecule has 0 amide bonds. The number of nitrogens with zero attached hydrogens (tertiary/aromatic N) is 3. The van der Waals surface area contributed by atoms with Crippen molar-refractivity contribution in [2.24, 2.45) is 0 Å². The van der Waals surface area contributed by atoms with Crippen molar-refractivity contribution in [3.63, 3.8) is 0 Å². The van der Waals surface area contributed by atoms with Crippen LogP contribution in [0.15, 0.2) is 18.3 Å². The van der Waals surface area contributed by atoms with Crippen molar-refractivity contribution in [1.29, 1.82) is 0 Å². The normalized spacial score (nSPS) is 10.6. The summed E-state index contributed by atoms with van der Waals surface area (Å²) in [6.07, 6.45) is 2.79. The number of aryl methyl sites for hydroxylation is 1. The minimum atomic E-state index is 0.550. The summed E-state index contributed by atoms with van der Waals surface area (Å²) in [6.45, 7) is 5.79. The number of nitrogens with one attached hydrogen (secondary N) is 1. The Morgan fingerprint density at radius 2 is 2.22 bits per heavy atom. The number of hydrogen-bond donors (Lipinski definition) is 1. The second-order valence-electron chi connectivity index (χ2n) is 3.88. The van der Waals surface area contributed by atoms with Crippen LogP contribution in [0.3, 0.4) is 0 Å². The SMILES string of the molecule is CCCNCc1nnc(Oc2ccc(C)nc2)s1. The summed E-state index contributed by atoms with van der Waals surface area (Å²) in [4.78, 5) is 4.16. The lowest BCUT2D eigenvalue weighted by molar-refractivity contribution is 0.470. The number of pyridine rings is 1. The molecule has 0 atom stereocenters. The molecule has 2 rings (SSSR count). The van der Waals surface area contributed by atoms with Gasteiger partial charge in [0.15, 0.2) is 0 Å². The van der Waals surface area contributed by atoms with E-state index in [1.165, 1.54) is 11.3 Å². The van der Waals surface area contributed by atoms with E-state index < -0.39 is 0 Å². The van der Waals surface area contributed by atoms with Gasteiger partial charge in [0.25, 0.3) is 5.19 Å². The number of ether oxygens (including phenoxy) is 1. The molecule has 5 nitrogen and oxygen atoms in total. The van der Waals surface area contributed by atoms with Crippen LogP contribution in [0.1, 0.15) is 24.0 Å². The summed E-state index contributed by atoms with van der Waals surface area (Å²) in [6, 6.07) is 3.78. The lowest BCUT2D eigenvalue weighted by atomic mass is 10.4. The van der Waals surface area contributed by atoms with Crippen molar-refractivity contribution in [2.45, 2.75) is 26.8 Å². The molecule has 0 aliphatic carbocycles. The minimum Gasteiger partial charge on any atom is -0.428 e. The summed E-state index contributed by atoms with van der Waals surface area (Å²) in [7, 11) is 0. The van der Waals surface area contributed by atoms with E-state index >= 15 is 0 Å². The third-order valence-electron chi connectivity index (χ3n) is 2.24. The van der Waals surface area contributed by atoms with Gasteiger partial charge in [0.2, 0.25) is 0 Å². The van der Waals surface area contributed by atoms with Crippen LogP contribution in [-0.4, -0.2) is 21.7 Å². The molecular formula is C12H16N4OS. The first kappa shape index (κ1) is 12.9. The third kappa shape index (κ3) is 3.75. The lowest BCUT2D eigenvalue weighted by Gasteiger charge is -2.00.